The molecule has 0 saturated carbocycles. The summed E-state index contributed by atoms with van der Waals surface area (Å²) in [4.78, 5) is 20.2. The topological polar surface area (TPSA) is 42.4 Å². The molecule has 0 aliphatic carbocycles. The number of carbonyl (C=O) groups excluding carboxylic acids is 1. The molecule has 0 atom stereocenters. The number of thiophene rings is 1. The fourth-order valence-electron chi connectivity index (χ4n) is 2.15. The van der Waals surface area contributed by atoms with Crippen LogP contribution in [0.25, 0.3) is 10.4 Å². The summed E-state index contributed by atoms with van der Waals surface area (Å²) < 4.78 is 5.67. The van der Waals surface area contributed by atoms with Crippen LogP contribution in [-0.2, 0) is 0 Å². The maximum Gasteiger partial charge on any atom is 0.273 e. The van der Waals surface area contributed by atoms with E-state index in [9.17, 15) is 4.79 Å². The molecule has 0 aliphatic rings. The standard InChI is InChI=1S/C17H16N2O2S2/c1-3-21-13-11-14(12-7-5-4-6-8-12)23-15(13)16(20)19(2)17-18-9-10-22-17/h4-11H,3H2,1-2H3. The Morgan fingerprint density at radius 3 is 2.74 bits per heavy atom. The molecule has 0 N–H and O–H groups in total. The summed E-state index contributed by atoms with van der Waals surface area (Å²) in [5.41, 5.74) is 1.08. The van der Waals surface area contributed by atoms with Gasteiger partial charge in [0, 0.05) is 23.5 Å². The van der Waals surface area contributed by atoms with Gasteiger partial charge in [0.05, 0.1) is 6.61 Å². The summed E-state index contributed by atoms with van der Waals surface area (Å²) >= 11 is 2.88. The smallest absolute Gasteiger partial charge is 0.273 e. The molecule has 2 aromatic heterocycles. The van der Waals surface area contributed by atoms with Crippen molar-refractivity contribution in [2.24, 2.45) is 0 Å². The molecule has 0 spiro atoms. The molecule has 0 radical (unpaired) electrons. The summed E-state index contributed by atoms with van der Waals surface area (Å²) in [6, 6.07) is 11.9. The van der Waals surface area contributed by atoms with Crippen LogP contribution in [0.5, 0.6) is 5.75 Å². The molecule has 0 bridgehead atoms. The average molecular weight is 344 g/mol. The first kappa shape index (κ1) is 15.7. The van der Waals surface area contributed by atoms with Crippen molar-refractivity contribution in [2.45, 2.75) is 6.92 Å². The fourth-order valence-corrected chi connectivity index (χ4v) is 3.84. The lowest BCUT2D eigenvalue weighted by molar-refractivity contribution is 0.0993. The van der Waals surface area contributed by atoms with Crippen molar-refractivity contribution in [1.29, 1.82) is 0 Å². The lowest BCUT2D eigenvalue weighted by Crippen LogP contribution is -2.25. The highest BCUT2D eigenvalue weighted by atomic mass is 32.1. The van der Waals surface area contributed by atoms with Crippen molar-refractivity contribution in [3.05, 3.63) is 52.9 Å². The Morgan fingerprint density at radius 2 is 2.09 bits per heavy atom. The highest BCUT2D eigenvalue weighted by Gasteiger charge is 2.23. The Balaban J connectivity index is 1.97. The van der Waals surface area contributed by atoms with Crippen LogP contribution in [0.3, 0.4) is 0 Å². The summed E-state index contributed by atoms with van der Waals surface area (Å²) in [6.45, 7) is 2.44. The summed E-state index contributed by atoms with van der Waals surface area (Å²) in [6.07, 6.45) is 1.69. The van der Waals surface area contributed by atoms with Gasteiger partial charge in [-0.3, -0.25) is 9.69 Å². The van der Waals surface area contributed by atoms with Gasteiger partial charge in [-0.2, -0.15) is 0 Å². The summed E-state index contributed by atoms with van der Waals surface area (Å²) in [7, 11) is 1.73. The molecule has 0 fully saturated rings. The normalized spacial score (nSPS) is 10.5. The molecule has 6 heteroatoms. The van der Waals surface area contributed by atoms with E-state index in [-0.39, 0.29) is 5.91 Å². The Bertz CT molecular complexity index is 782. The third-order valence-corrected chi connectivity index (χ3v) is 5.26. The molecule has 23 heavy (non-hydrogen) atoms. The number of ether oxygens (including phenoxy) is 1. The van der Waals surface area contributed by atoms with E-state index in [0.29, 0.717) is 22.4 Å². The van der Waals surface area contributed by atoms with Gasteiger partial charge >= 0.3 is 0 Å². The molecule has 118 valence electrons. The third kappa shape index (κ3) is 3.28. The second kappa shape index (κ2) is 6.93. The van der Waals surface area contributed by atoms with Gasteiger partial charge in [0.1, 0.15) is 10.6 Å². The Hall–Kier alpha value is -2.18. The van der Waals surface area contributed by atoms with Crippen LogP contribution in [0.15, 0.2) is 48.0 Å². The third-order valence-electron chi connectivity index (χ3n) is 3.26. The van der Waals surface area contributed by atoms with Crippen LogP contribution in [0, 0.1) is 0 Å². The molecule has 2 heterocycles. The van der Waals surface area contributed by atoms with Crippen LogP contribution in [0.2, 0.25) is 0 Å². The lowest BCUT2D eigenvalue weighted by atomic mass is 10.2. The zero-order valence-electron chi connectivity index (χ0n) is 12.9. The van der Waals surface area contributed by atoms with E-state index in [2.05, 4.69) is 4.98 Å². The SMILES string of the molecule is CCOc1cc(-c2ccccc2)sc1C(=O)N(C)c1nccs1. The molecular formula is C17H16N2O2S2. The minimum Gasteiger partial charge on any atom is -0.492 e. The van der Waals surface area contributed by atoms with Gasteiger partial charge in [-0.15, -0.1) is 22.7 Å². The second-order valence-corrected chi connectivity index (χ2v) is 6.71. The van der Waals surface area contributed by atoms with Crippen LogP contribution >= 0.6 is 22.7 Å². The van der Waals surface area contributed by atoms with Crippen molar-refractivity contribution in [3.8, 4) is 16.2 Å². The van der Waals surface area contributed by atoms with Gasteiger partial charge in [-0.25, -0.2) is 4.98 Å². The minimum atomic E-state index is -0.101. The van der Waals surface area contributed by atoms with Crippen molar-refractivity contribution in [1.82, 2.24) is 4.98 Å². The van der Waals surface area contributed by atoms with Crippen molar-refractivity contribution < 1.29 is 9.53 Å². The zero-order chi connectivity index (χ0) is 16.2. The van der Waals surface area contributed by atoms with Crippen LogP contribution in [-0.4, -0.2) is 24.5 Å². The van der Waals surface area contributed by atoms with Gasteiger partial charge in [0.25, 0.3) is 5.91 Å². The van der Waals surface area contributed by atoms with E-state index in [0.717, 1.165) is 10.4 Å². The van der Waals surface area contributed by atoms with E-state index in [1.165, 1.54) is 22.7 Å². The Morgan fingerprint density at radius 1 is 1.30 bits per heavy atom. The number of thiazole rings is 1. The number of rotatable bonds is 5. The Labute approximate surface area is 143 Å². The average Bonchev–Trinajstić information content (AvgIpc) is 3.24. The molecule has 3 aromatic rings. The number of hydrogen-bond donors (Lipinski definition) is 0. The zero-order valence-corrected chi connectivity index (χ0v) is 14.5. The highest BCUT2D eigenvalue weighted by molar-refractivity contribution is 7.18. The first-order chi connectivity index (χ1) is 11.2. The van der Waals surface area contributed by atoms with Gasteiger partial charge in [0.2, 0.25) is 0 Å². The number of aromatic nitrogens is 1. The number of anilines is 1. The number of nitrogens with zero attached hydrogens (tertiary/aromatic N) is 2. The van der Waals surface area contributed by atoms with Gasteiger partial charge < -0.3 is 4.74 Å². The van der Waals surface area contributed by atoms with E-state index >= 15 is 0 Å². The molecule has 4 nitrogen and oxygen atoms in total. The largest absolute Gasteiger partial charge is 0.492 e. The first-order valence-electron chi connectivity index (χ1n) is 7.20. The van der Waals surface area contributed by atoms with Crippen LogP contribution in [0.1, 0.15) is 16.6 Å². The summed E-state index contributed by atoms with van der Waals surface area (Å²) in [5, 5.41) is 2.53. The van der Waals surface area contributed by atoms with E-state index < -0.39 is 0 Å². The molecule has 1 amide bonds. The lowest BCUT2D eigenvalue weighted by Gasteiger charge is -2.13. The van der Waals surface area contributed by atoms with Gasteiger partial charge in [-0.05, 0) is 18.6 Å². The van der Waals surface area contributed by atoms with E-state index in [1.54, 1.807) is 18.1 Å². The first-order valence-corrected chi connectivity index (χ1v) is 8.90. The maximum atomic E-state index is 12.8. The second-order valence-electron chi connectivity index (χ2n) is 4.78. The minimum absolute atomic E-state index is 0.101. The molecule has 1 aromatic carbocycles. The number of benzene rings is 1. The predicted molar refractivity (Wildman–Crippen MR) is 95.8 cm³/mol. The Kier molecular flexibility index (Phi) is 4.73. The summed E-state index contributed by atoms with van der Waals surface area (Å²) in [5.74, 6) is 0.528. The number of carbonyl (C=O) groups is 1. The number of hydrogen-bond acceptors (Lipinski definition) is 5. The number of amides is 1. The predicted octanol–water partition coefficient (Wildman–Crippen LogP) is 4.55. The van der Waals surface area contributed by atoms with Crippen LogP contribution in [0.4, 0.5) is 5.13 Å². The molecule has 3 rings (SSSR count). The fraction of sp³-hybridized carbons (Fsp3) is 0.176. The highest BCUT2D eigenvalue weighted by Crippen LogP contribution is 2.37. The molecule has 0 unspecified atom stereocenters. The van der Waals surface area contributed by atoms with Gasteiger partial charge in [0.15, 0.2) is 5.13 Å². The van der Waals surface area contributed by atoms with E-state index in [1.807, 2.05) is 48.7 Å². The maximum absolute atomic E-state index is 12.8. The monoisotopic (exact) mass is 344 g/mol. The quantitative estimate of drug-likeness (QED) is 0.682. The van der Waals surface area contributed by atoms with Crippen LogP contribution < -0.4 is 9.64 Å². The van der Waals surface area contributed by atoms with Crippen molar-refractivity contribution in [3.63, 3.8) is 0 Å². The van der Waals surface area contributed by atoms with Gasteiger partial charge in [-0.1, -0.05) is 30.3 Å². The van der Waals surface area contributed by atoms with Crippen molar-refractivity contribution in [2.75, 3.05) is 18.6 Å². The molecule has 0 saturated heterocycles. The molecule has 0 aliphatic heterocycles. The van der Waals surface area contributed by atoms with Crippen molar-refractivity contribution >= 4 is 33.7 Å². The molecular weight excluding hydrogens is 328 g/mol. The van der Waals surface area contributed by atoms with E-state index in [4.69, 9.17) is 4.74 Å².